The Kier molecular flexibility index (Phi) is 4.68. The second kappa shape index (κ2) is 7.11. The molecule has 3 aliphatic heterocycles. The van der Waals surface area contributed by atoms with E-state index in [9.17, 15) is 4.79 Å². The Morgan fingerprint density at radius 1 is 1.31 bits per heavy atom. The van der Waals surface area contributed by atoms with E-state index in [-0.39, 0.29) is 18.0 Å². The van der Waals surface area contributed by atoms with Gasteiger partial charge in [-0.1, -0.05) is 6.92 Å². The minimum absolute atomic E-state index is 0.0217. The minimum Gasteiger partial charge on any atom is -0.414 e. The zero-order valence-corrected chi connectivity index (χ0v) is 15.3. The Labute approximate surface area is 153 Å². The molecule has 1 aromatic carbocycles. The van der Waals surface area contributed by atoms with Gasteiger partial charge in [-0.2, -0.15) is 4.98 Å². The molecule has 2 aromatic rings. The normalized spacial score (nSPS) is 27.3. The Bertz CT molecular complexity index is 761. The van der Waals surface area contributed by atoms with E-state index < -0.39 is 0 Å². The molecule has 3 aliphatic rings. The molecule has 2 bridgehead atoms. The maximum absolute atomic E-state index is 12.6. The van der Waals surface area contributed by atoms with Crippen molar-refractivity contribution in [3.8, 4) is 11.8 Å². The lowest BCUT2D eigenvalue weighted by Gasteiger charge is -2.49. The number of ether oxygens (including phenoxy) is 1. The van der Waals surface area contributed by atoms with Gasteiger partial charge in [-0.3, -0.25) is 9.69 Å². The molecule has 3 fully saturated rings. The van der Waals surface area contributed by atoms with Crippen molar-refractivity contribution in [3.05, 3.63) is 41.8 Å². The van der Waals surface area contributed by atoms with E-state index in [0.29, 0.717) is 23.3 Å². The summed E-state index contributed by atoms with van der Waals surface area (Å²) in [6, 6.07) is 7.74. The number of amides is 1. The smallest absolute Gasteiger partial charge is 0.399 e. The average Bonchev–Trinajstić information content (AvgIpc) is 3.13. The van der Waals surface area contributed by atoms with Crippen molar-refractivity contribution in [1.29, 1.82) is 0 Å². The minimum atomic E-state index is -0.0217. The first-order valence-electron chi connectivity index (χ1n) is 9.41. The predicted molar refractivity (Wildman–Crippen MR) is 97.4 cm³/mol. The fourth-order valence-electron chi connectivity index (χ4n) is 4.06. The predicted octanol–water partition coefficient (Wildman–Crippen LogP) is 3.24. The molecule has 3 saturated heterocycles. The number of benzene rings is 1. The molecule has 4 heterocycles. The summed E-state index contributed by atoms with van der Waals surface area (Å²) < 4.78 is 11.0. The van der Waals surface area contributed by atoms with Crippen LogP contribution in [0.4, 0.5) is 0 Å². The first-order valence-corrected chi connectivity index (χ1v) is 9.41. The molecule has 0 spiro atoms. The van der Waals surface area contributed by atoms with E-state index in [4.69, 9.17) is 9.15 Å². The SMILES string of the molecule is CCc1cnc(Oc2ccc(C(=O)N[C@@H]3C4CCN(CC4)[C@H]3C)cc2)o1. The molecule has 5 rings (SSSR count). The van der Waals surface area contributed by atoms with Crippen molar-refractivity contribution in [2.24, 2.45) is 5.92 Å². The van der Waals surface area contributed by atoms with Gasteiger partial charge in [-0.25, -0.2) is 0 Å². The van der Waals surface area contributed by atoms with Gasteiger partial charge in [0.25, 0.3) is 5.91 Å². The van der Waals surface area contributed by atoms with Crippen molar-refractivity contribution in [1.82, 2.24) is 15.2 Å². The van der Waals surface area contributed by atoms with Gasteiger partial charge in [-0.15, -0.1) is 0 Å². The number of nitrogens with one attached hydrogen (secondary N) is 1. The van der Waals surface area contributed by atoms with Gasteiger partial charge in [0.1, 0.15) is 11.5 Å². The molecule has 26 heavy (non-hydrogen) atoms. The molecule has 0 aliphatic carbocycles. The molecule has 1 amide bonds. The Morgan fingerprint density at radius 2 is 2.04 bits per heavy atom. The monoisotopic (exact) mass is 355 g/mol. The highest BCUT2D eigenvalue weighted by Gasteiger charge is 2.40. The summed E-state index contributed by atoms with van der Waals surface area (Å²) in [6.07, 6.45) is 5.01. The third-order valence-electron chi connectivity index (χ3n) is 5.68. The fourth-order valence-corrected chi connectivity index (χ4v) is 4.06. The average molecular weight is 355 g/mol. The van der Waals surface area contributed by atoms with Gasteiger partial charge in [0, 0.05) is 24.1 Å². The van der Waals surface area contributed by atoms with Crippen molar-refractivity contribution in [2.75, 3.05) is 13.1 Å². The van der Waals surface area contributed by atoms with E-state index in [1.54, 1.807) is 30.5 Å². The van der Waals surface area contributed by atoms with Crippen LogP contribution in [0.15, 0.2) is 34.9 Å². The third-order valence-corrected chi connectivity index (χ3v) is 5.68. The van der Waals surface area contributed by atoms with E-state index in [1.165, 1.54) is 12.8 Å². The molecule has 2 atom stereocenters. The number of oxazole rings is 1. The van der Waals surface area contributed by atoms with Crippen LogP contribution >= 0.6 is 0 Å². The van der Waals surface area contributed by atoms with Gasteiger partial charge in [-0.05, 0) is 63.0 Å². The molecule has 6 nitrogen and oxygen atoms in total. The number of carbonyl (C=O) groups excluding carboxylic acids is 1. The molecule has 138 valence electrons. The largest absolute Gasteiger partial charge is 0.414 e. The summed E-state index contributed by atoms with van der Waals surface area (Å²) in [5, 5.41) is 3.24. The van der Waals surface area contributed by atoms with Crippen molar-refractivity contribution in [2.45, 2.75) is 45.2 Å². The number of rotatable bonds is 5. The van der Waals surface area contributed by atoms with Crippen LogP contribution in [0.5, 0.6) is 11.8 Å². The van der Waals surface area contributed by atoms with E-state index in [1.807, 2.05) is 6.92 Å². The quantitative estimate of drug-likeness (QED) is 0.892. The van der Waals surface area contributed by atoms with Crippen molar-refractivity contribution in [3.63, 3.8) is 0 Å². The van der Waals surface area contributed by atoms with E-state index in [2.05, 4.69) is 22.1 Å². The Hall–Kier alpha value is -2.34. The number of piperidine rings is 3. The maximum atomic E-state index is 12.6. The summed E-state index contributed by atoms with van der Waals surface area (Å²) in [6.45, 7) is 6.53. The first-order chi connectivity index (χ1) is 12.6. The molecular weight excluding hydrogens is 330 g/mol. The van der Waals surface area contributed by atoms with Gasteiger partial charge in [0.05, 0.1) is 6.20 Å². The van der Waals surface area contributed by atoms with Crippen LogP contribution in [0.3, 0.4) is 0 Å². The Morgan fingerprint density at radius 3 is 2.65 bits per heavy atom. The van der Waals surface area contributed by atoms with Crippen molar-refractivity contribution >= 4 is 5.91 Å². The fraction of sp³-hybridized carbons (Fsp3) is 0.500. The second-order valence-corrected chi connectivity index (χ2v) is 7.19. The molecule has 0 radical (unpaired) electrons. The van der Waals surface area contributed by atoms with Gasteiger partial charge in [0.15, 0.2) is 0 Å². The lowest BCUT2D eigenvalue weighted by Crippen LogP contribution is -2.62. The molecule has 0 unspecified atom stereocenters. The van der Waals surface area contributed by atoms with Crippen LogP contribution in [0.25, 0.3) is 0 Å². The third kappa shape index (κ3) is 3.33. The van der Waals surface area contributed by atoms with Crippen LogP contribution in [0, 0.1) is 5.92 Å². The van der Waals surface area contributed by atoms with E-state index >= 15 is 0 Å². The Balaban J connectivity index is 1.39. The van der Waals surface area contributed by atoms with Crippen LogP contribution < -0.4 is 10.1 Å². The number of aryl methyl sites for hydroxylation is 1. The number of aromatic nitrogens is 1. The van der Waals surface area contributed by atoms with Crippen LogP contribution in [0.1, 0.15) is 42.8 Å². The van der Waals surface area contributed by atoms with Crippen molar-refractivity contribution < 1.29 is 13.9 Å². The lowest BCUT2D eigenvalue weighted by molar-refractivity contribution is 0.0217. The summed E-state index contributed by atoms with van der Waals surface area (Å²) in [7, 11) is 0. The summed E-state index contributed by atoms with van der Waals surface area (Å²) in [4.78, 5) is 19.2. The number of carbonyl (C=O) groups is 1. The van der Waals surface area contributed by atoms with Gasteiger partial charge >= 0.3 is 6.08 Å². The van der Waals surface area contributed by atoms with E-state index in [0.717, 1.165) is 25.3 Å². The molecule has 6 heteroatoms. The topological polar surface area (TPSA) is 67.6 Å². The standard InChI is InChI=1S/C20H25N3O3/c1-3-16-12-21-20(25-16)26-17-6-4-15(5-7-17)19(24)22-18-13(2)23-10-8-14(18)9-11-23/h4-7,12-14,18H,3,8-11H2,1-2H3,(H,22,24)/t13-,18-/m0/s1. The number of fused-ring (bicyclic) bond motifs is 3. The zero-order chi connectivity index (χ0) is 18.1. The van der Waals surface area contributed by atoms with Crippen LogP contribution in [0.2, 0.25) is 0 Å². The first kappa shape index (κ1) is 17.1. The van der Waals surface area contributed by atoms with Gasteiger partial charge < -0.3 is 14.5 Å². The molecule has 1 aromatic heterocycles. The maximum Gasteiger partial charge on any atom is 0.399 e. The molecule has 1 N–H and O–H groups in total. The highest BCUT2D eigenvalue weighted by Crippen LogP contribution is 2.32. The summed E-state index contributed by atoms with van der Waals surface area (Å²) in [5.41, 5.74) is 0.641. The summed E-state index contributed by atoms with van der Waals surface area (Å²) >= 11 is 0. The number of hydrogen-bond acceptors (Lipinski definition) is 5. The van der Waals surface area contributed by atoms with Crippen LogP contribution in [-0.2, 0) is 6.42 Å². The number of hydrogen-bond donors (Lipinski definition) is 1. The number of nitrogens with zero attached hydrogens (tertiary/aromatic N) is 2. The molecular formula is C20H25N3O3. The zero-order valence-electron chi connectivity index (χ0n) is 15.3. The van der Waals surface area contributed by atoms with Crippen LogP contribution in [-0.4, -0.2) is 41.0 Å². The second-order valence-electron chi connectivity index (χ2n) is 7.19. The molecule has 0 saturated carbocycles. The van der Waals surface area contributed by atoms with Gasteiger partial charge in [0.2, 0.25) is 0 Å². The highest BCUT2D eigenvalue weighted by atomic mass is 16.6. The highest BCUT2D eigenvalue weighted by molar-refractivity contribution is 5.94. The summed E-state index contributed by atoms with van der Waals surface area (Å²) in [5.74, 6) is 1.95. The lowest BCUT2D eigenvalue weighted by atomic mass is 9.79.